The van der Waals surface area contributed by atoms with Gasteiger partial charge in [0.05, 0.1) is 4.90 Å². The van der Waals surface area contributed by atoms with Crippen molar-refractivity contribution in [3.8, 4) is 0 Å². The summed E-state index contributed by atoms with van der Waals surface area (Å²) < 4.78 is 27.9. The average Bonchev–Trinajstić information content (AvgIpc) is 3.08. The molecule has 6 heteroatoms. The van der Waals surface area contributed by atoms with Gasteiger partial charge in [0, 0.05) is 24.3 Å². The van der Waals surface area contributed by atoms with Crippen molar-refractivity contribution in [1.82, 2.24) is 4.90 Å². The fourth-order valence-corrected chi connectivity index (χ4v) is 4.09. The van der Waals surface area contributed by atoms with Crippen molar-refractivity contribution in [2.75, 3.05) is 17.8 Å². The number of carbonyl (C=O) groups excluding carboxylic acids is 1. The Hall–Kier alpha value is -2.34. The molecule has 2 aromatic carbocycles. The quantitative estimate of drug-likeness (QED) is 0.911. The molecule has 0 saturated carbocycles. The maximum atomic E-state index is 12.7. The van der Waals surface area contributed by atoms with Crippen LogP contribution in [0.5, 0.6) is 0 Å². The second kappa shape index (κ2) is 6.88. The smallest absolute Gasteiger partial charge is 0.261 e. The molecular weight excluding hydrogens is 336 g/mol. The van der Waals surface area contributed by atoms with Gasteiger partial charge in [-0.2, -0.15) is 0 Å². The van der Waals surface area contributed by atoms with Crippen LogP contribution in [0.4, 0.5) is 5.69 Å². The number of amides is 1. The van der Waals surface area contributed by atoms with Crippen molar-refractivity contribution >= 4 is 21.6 Å². The number of anilines is 1. The lowest BCUT2D eigenvalue weighted by atomic mass is 10.1. The first-order valence-corrected chi connectivity index (χ1v) is 9.84. The highest BCUT2D eigenvalue weighted by atomic mass is 32.2. The summed E-state index contributed by atoms with van der Waals surface area (Å²) in [4.78, 5) is 14.5. The highest BCUT2D eigenvalue weighted by molar-refractivity contribution is 7.92. The second-order valence-corrected chi connectivity index (χ2v) is 8.13. The summed E-state index contributed by atoms with van der Waals surface area (Å²) in [5, 5.41) is 0. The molecule has 1 fully saturated rings. The summed E-state index contributed by atoms with van der Waals surface area (Å²) >= 11 is 0. The summed E-state index contributed by atoms with van der Waals surface area (Å²) in [5.41, 5.74) is 2.71. The molecular formula is C19H22N2O3S. The van der Waals surface area contributed by atoms with Gasteiger partial charge in [-0.05, 0) is 62.1 Å². The van der Waals surface area contributed by atoms with Gasteiger partial charge in [0.1, 0.15) is 0 Å². The van der Waals surface area contributed by atoms with Crippen LogP contribution in [0.2, 0.25) is 0 Å². The number of benzene rings is 2. The fraction of sp³-hybridized carbons (Fsp3) is 0.316. The molecule has 0 radical (unpaired) electrons. The number of rotatable bonds is 4. The van der Waals surface area contributed by atoms with Crippen LogP contribution >= 0.6 is 0 Å². The molecule has 1 amide bonds. The van der Waals surface area contributed by atoms with Crippen molar-refractivity contribution in [3.63, 3.8) is 0 Å². The van der Waals surface area contributed by atoms with E-state index in [4.69, 9.17) is 0 Å². The Bertz CT molecular complexity index is 901. The second-order valence-electron chi connectivity index (χ2n) is 6.45. The molecule has 0 aromatic heterocycles. The monoisotopic (exact) mass is 358 g/mol. The lowest BCUT2D eigenvalue weighted by Crippen LogP contribution is -2.28. The third kappa shape index (κ3) is 3.85. The minimum absolute atomic E-state index is 0.0948. The molecule has 1 N–H and O–H groups in total. The van der Waals surface area contributed by atoms with E-state index in [1.165, 1.54) is 12.1 Å². The van der Waals surface area contributed by atoms with Crippen LogP contribution in [0, 0.1) is 13.8 Å². The van der Waals surface area contributed by atoms with Crippen molar-refractivity contribution in [1.29, 1.82) is 0 Å². The highest BCUT2D eigenvalue weighted by Crippen LogP contribution is 2.22. The molecule has 132 valence electrons. The molecule has 3 rings (SSSR count). The number of nitrogens with one attached hydrogen (secondary N) is 1. The number of carbonyl (C=O) groups is 1. The van der Waals surface area contributed by atoms with Crippen LogP contribution in [-0.4, -0.2) is 32.3 Å². The van der Waals surface area contributed by atoms with E-state index in [0.717, 1.165) is 37.1 Å². The first-order valence-electron chi connectivity index (χ1n) is 8.36. The lowest BCUT2D eigenvalue weighted by Gasteiger charge is -2.17. The third-order valence-corrected chi connectivity index (χ3v) is 5.79. The van der Waals surface area contributed by atoms with Crippen molar-refractivity contribution in [2.24, 2.45) is 0 Å². The van der Waals surface area contributed by atoms with Crippen LogP contribution in [0.1, 0.15) is 34.3 Å². The van der Waals surface area contributed by atoms with Crippen molar-refractivity contribution in [3.05, 3.63) is 59.2 Å². The van der Waals surface area contributed by atoms with Crippen molar-refractivity contribution < 1.29 is 13.2 Å². The molecule has 2 aromatic rings. The first kappa shape index (κ1) is 17.5. The predicted molar refractivity (Wildman–Crippen MR) is 98.3 cm³/mol. The lowest BCUT2D eigenvalue weighted by molar-refractivity contribution is 0.0792. The zero-order valence-corrected chi connectivity index (χ0v) is 15.3. The average molecular weight is 358 g/mol. The molecule has 1 aliphatic heterocycles. The van der Waals surface area contributed by atoms with Gasteiger partial charge < -0.3 is 4.90 Å². The zero-order chi connectivity index (χ0) is 18.0. The van der Waals surface area contributed by atoms with Gasteiger partial charge in [0.15, 0.2) is 0 Å². The Kier molecular flexibility index (Phi) is 4.81. The highest BCUT2D eigenvalue weighted by Gasteiger charge is 2.23. The number of aryl methyl sites for hydroxylation is 2. The SMILES string of the molecule is Cc1cccc(NS(=O)(=O)c2ccc(C)c(C(=O)N3CCCC3)c2)c1. The van der Waals surface area contributed by atoms with Gasteiger partial charge in [-0.15, -0.1) is 0 Å². The van der Waals surface area contributed by atoms with Gasteiger partial charge in [-0.3, -0.25) is 9.52 Å². The van der Waals surface area contributed by atoms with E-state index in [-0.39, 0.29) is 10.8 Å². The summed E-state index contributed by atoms with van der Waals surface area (Å²) in [5.74, 6) is -0.0948. The van der Waals surface area contributed by atoms with Crippen LogP contribution in [0.3, 0.4) is 0 Å². The van der Waals surface area contributed by atoms with E-state index in [2.05, 4.69) is 4.72 Å². The van der Waals surface area contributed by atoms with Crippen LogP contribution in [-0.2, 0) is 10.0 Å². The molecule has 0 unspecified atom stereocenters. The maximum absolute atomic E-state index is 12.7. The van der Waals surface area contributed by atoms with Crippen LogP contribution < -0.4 is 4.72 Å². The number of likely N-dealkylation sites (tertiary alicyclic amines) is 1. The van der Waals surface area contributed by atoms with Gasteiger partial charge in [0.25, 0.3) is 15.9 Å². The molecule has 1 saturated heterocycles. The van der Waals surface area contributed by atoms with Gasteiger partial charge >= 0.3 is 0 Å². The molecule has 0 spiro atoms. The van der Waals surface area contributed by atoms with E-state index in [0.29, 0.717) is 11.3 Å². The Morgan fingerprint density at radius 3 is 2.44 bits per heavy atom. The Balaban J connectivity index is 1.91. The zero-order valence-electron chi connectivity index (χ0n) is 14.5. The summed E-state index contributed by atoms with van der Waals surface area (Å²) in [6, 6.07) is 11.9. The number of hydrogen-bond acceptors (Lipinski definition) is 3. The van der Waals surface area contributed by atoms with E-state index in [1.807, 2.05) is 19.9 Å². The molecule has 1 aliphatic rings. The summed E-state index contributed by atoms with van der Waals surface area (Å²) in [6.07, 6.45) is 2.00. The molecule has 5 nitrogen and oxygen atoms in total. The first-order chi connectivity index (χ1) is 11.9. The van der Waals surface area contributed by atoms with Crippen LogP contribution in [0.25, 0.3) is 0 Å². The third-order valence-electron chi connectivity index (χ3n) is 4.41. The Morgan fingerprint density at radius 1 is 1.04 bits per heavy atom. The minimum atomic E-state index is -3.75. The number of nitrogens with zero attached hydrogens (tertiary/aromatic N) is 1. The van der Waals surface area contributed by atoms with E-state index < -0.39 is 10.0 Å². The number of hydrogen-bond donors (Lipinski definition) is 1. The predicted octanol–water partition coefficient (Wildman–Crippen LogP) is 3.34. The summed E-state index contributed by atoms with van der Waals surface area (Å²) in [6.45, 7) is 5.19. The fourth-order valence-electron chi connectivity index (χ4n) is 3.01. The topological polar surface area (TPSA) is 66.5 Å². The Labute approximate surface area is 148 Å². The van der Waals surface area contributed by atoms with E-state index in [9.17, 15) is 13.2 Å². The van der Waals surface area contributed by atoms with E-state index >= 15 is 0 Å². The van der Waals surface area contributed by atoms with Crippen molar-refractivity contribution in [2.45, 2.75) is 31.6 Å². The molecule has 0 aliphatic carbocycles. The molecule has 0 bridgehead atoms. The van der Waals surface area contributed by atoms with Gasteiger partial charge in [0.2, 0.25) is 0 Å². The normalized spacial score (nSPS) is 14.6. The summed E-state index contributed by atoms with van der Waals surface area (Å²) in [7, 11) is -3.75. The molecule has 1 heterocycles. The van der Waals surface area contributed by atoms with Gasteiger partial charge in [-0.1, -0.05) is 18.2 Å². The maximum Gasteiger partial charge on any atom is 0.261 e. The minimum Gasteiger partial charge on any atom is -0.339 e. The molecule has 25 heavy (non-hydrogen) atoms. The van der Waals surface area contributed by atoms with Gasteiger partial charge in [-0.25, -0.2) is 8.42 Å². The largest absolute Gasteiger partial charge is 0.339 e. The standard InChI is InChI=1S/C19H22N2O3S/c1-14-6-5-7-16(12-14)20-25(23,24)17-9-8-15(2)18(13-17)19(22)21-10-3-4-11-21/h5-9,12-13,20H,3-4,10-11H2,1-2H3. The Morgan fingerprint density at radius 2 is 1.76 bits per heavy atom. The van der Waals surface area contributed by atoms with E-state index in [1.54, 1.807) is 29.2 Å². The molecule has 0 atom stereocenters. The number of sulfonamides is 1. The van der Waals surface area contributed by atoms with Crippen LogP contribution in [0.15, 0.2) is 47.4 Å².